The van der Waals surface area contributed by atoms with E-state index in [9.17, 15) is 28.3 Å². The standard InChI is InChI=1S/C39H38F2N2O5/c40-32-16-14-30(34(41)22-32)24-48-33-17-15-29-21-36(43(23-31(29)20-33)37(44)19-25-6-4-5-7-25)38(45)42-35(39(46)47)18-26-10-12-28(13-11-26)27-8-2-1-3-9-27/h1-3,8-17,20,22,25,35-36H,4-7,18-19,21,23-24H2,(H,42,45)(H,46,47)/t35-,36-/m0/s1. The number of benzene rings is 4. The molecule has 1 saturated carbocycles. The lowest BCUT2D eigenvalue weighted by Crippen LogP contribution is -2.56. The Labute approximate surface area is 278 Å². The summed E-state index contributed by atoms with van der Waals surface area (Å²) < 4.78 is 33.3. The maximum Gasteiger partial charge on any atom is 0.326 e. The van der Waals surface area contributed by atoms with E-state index in [2.05, 4.69) is 5.32 Å². The third-order valence-electron chi connectivity index (χ3n) is 9.39. The molecule has 1 aliphatic heterocycles. The number of hydrogen-bond donors (Lipinski definition) is 2. The van der Waals surface area contributed by atoms with E-state index in [-0.39, 0.29) is 43.4 Å². The molecule has 0 unspecified atom stereocenters. The second kappa shape index (κ2) is 14.8. The molecule has 2 aliphatic rings. The van der Waals surface area contributed by atoms with E-state index < -0.39 is 35.6 Å². The molecule has 4 aromatic rings. The quantitative estimate of drug-likeness (QED) is 0.185. The summed E-state index contributed by atoms with van der Waals surface area (Å²) in [5.74, 6) is -2.47. The molecule has 4 aromatic carbocycles. The van der Waals surface area contributed by atoms with E-state index in [1.165, 1.54) is 12.1 Å². The first-order chi connectivity index (χ1) is 23.2. The third kappa shape index (κ3) is 7.90. The van der Waals surface area contributed by atoms with E-state index in [0.29, 0.717) is 12.2 Å². The van der Waals surface area contributed by atoms with Crippen molar-refractivity contribution in [2.24, 2.45) is 5.92 Å². The van der Waals surface area contributed by atoms with Gasteiger partial charge in [0, 0.05) is 37.4 Å². The first kappa shape index (κ1) is 32.9. The van der Waals surface area contributed by atoms with Crippen molar-refractivity contribution >= 4 is 17.8 Å². The van der Waals surface area contributed by atoms with Gasteiger partial charge in [-0.3, -0.25) is 9.59 Å². The zero-order chi connectivity index (χ0) is 33.6. The molecule has 1 heterocycles. The number of carboxylic acids is 1. The molecule has 1 aliphatic carbocycles. The normalized spacial score (nSPS) is 16.6. The lowest BCUT2D eigenvalue weighted by Gasteiger charge is -2.37. The zero-order valence-corrected chi connectivity index (χ0v) is 26.5. The van der Waals surface area contributed by atoms with Gasteiger partial charge < -0.3 is 20.1 Å². The predicted octanol–water partition coefficient (Wildman–Crippen LogP) is 6.86. The van der Waals surface area contributed by atoms with Crippen LogP contribution in [0.5, 0.6) is 5.75 Å². The van der Waals surface area contributed by atoms with Crippen LogP contribution >= 0.6 is 0 Å². The van der Waals surface area contributed by atoms with Crippen molar-refractivity contribution in [3.05, 3.63) is 125 Å². The van der Waals surface area contributed by atoms with Gasteiger partial charge in [0.2, 0.25) is 11.8 Å². The van der Waals surface area contributed by atoms with Gasteiger partial charge in [-0.2, -0.15) is 0 Å². The highest BCUT2D eigenvalue weighted by Gasteiger charge is 2.37. The Balaban J connectivity index is 1.18. The van der Waals surface area contributed by atoms with Gasteiger partial charge in [0.15, 0.2) is 0 Å². The molecule has 0 bridgehead atoms. The Hall–Kier alpha value is -5.05. The molecule has 0 spiro atoms. The summed E-state index contributed by atoms with van der Waals surface area (Å²) in [7, 11) is 0. The molecule has 2 atom stereocenters. The minimum Gasteiger partial charge on any atom is -0.489 e. The number of rotatable bonds is 11. The number of amides is 2. The molecule has 0 aromatic heterocycles. The summed E-state index contributed by atoms with van der Waals surface area (Å²) in [4.78, 5) is 41.5. The highest BCUT2D eigenvalue weighted by atomic mass is 19.1. The number of carbonyl (C=O) groups excluding carboxylic acids is 2. The number of nitrogens with one attached hydrogen (secondary N) is 1. The average Bonchev–Trinajstić information content (AvgIpc) is 3.60. The van der Waals surface area contributed by atoms with Crippen molar-refractivity contribution in [1.29, 1.82) is 0 Å². The van der Waals surface area contributed by atoms with Crippen molar-refractivity contribution in [2.75, 3.05) is 0 Å². The zero-order valence-electron chi connectivity index (χ0n) is 26.5. The summed E-state index contributed by atoms with van der Waals surface area (Å²) in [6.07, 6.45) is 4.71. The Morgan fingerprint density at radius 1 is 0.875 bits per heavy atom. The van der Waals surface area contributed by atoms with Crippen LogP contribution in [-0.4, -0.2) is 39.9 Å². The first-order valence-electron chi connectivity index (χ1n) is 16.4. The van der Waals surface area contributed by atoms with Crippen LogP contribution in [0.15, 0.2) is 91.0 Å². The summed E-state index contributed by atoms with van der Waals surface area (Å²) in [6, 6.07) is 24.0. The van der Waals surface area contributed by atoms with Crippen molar-refractivity contribution in [1.82, 2.24) is 10.2 Å². The van der Waals surface area contributed by atoms with Gasteiger partial charge in [0.25, 0.3) is 0 Å². The molecular formula is C39H38F2N2O5. The second-order valence-electron chi connectivity index (χ2n) is 12.7. The van der Waals surface area contributed by atoms with Crippen LogP contribution in [0.4, 0.5) is 8.78 Å². The molecule has 0 radical (unpaired) electrons. The van der Waals surface area contributed by atoms with E-state index in [1.54, 1.807) is 17.0 Å². The predicted molar refractivity (Wildman–Crippen MR) is 177 cm³/mol. The average molecular weight is 653 g/mol. The van der Waals surface area contributed by atoms with E-state index in [0.717, 1.165) is 59.6 Å². The van der Waals surface area contributed by atoms with Crippen molar-refractivity contribution in [3.8, 4) is 16.9 Å². The van der Waals surface area contributed by atoms with Gasteiger partial charge in [-0.1, -0.05) is 73.5 Å². The van der Waals surface area contributed by atoms with Gasteiger partial charge >= 0.3 is 5.97 Å². The largest absolute Gasteiger partial charge is 0.489 e. The monoisotopic (exact) mass is 652 g/mol. The molecule has 248 valence electrons. The number of carboxylic acid groups (broad SMARTS) is 1. The first-order valence-corrected chi connectivity index (χ1v) is 16.4. The highest BCUT2D eigenvalue weighted by Crippen LogP contribution is 2.32. The maximum absolute atomic E-state index is 14.2. The summed E-state index contributed by atoms with van der Waals surface area (Å²) >= 11 is 0. The summed E-state index contributed by atoms with van der Waals surface area (Å²) in [5.41, 5.74) is 4.65. The number of carbonyl (C=O) groups is 3. The number of halogens is 2. The minimum absolute atomic E-state index is 0.0881. The van der Waals surface area contributed by atoms with Crippen LogP contribution in [-0.2, 0) is 40.4 Å². The van der Waals surface area contributed by atoms with Gasteiger partial charge in [0.05, 0.1) is 0 Å². The molecule has 48 heavy (non-hydrogen) atoms. The molecule has 0 saturated heterocycles. The topological polar surface area (TPSA) is 95.9 Å². The fraction of sp³-hybridized carbons (Fsp3) is 0.308. The molecule has 2 amide bonds. The molecule has 7 nitrogen and oxygen atoms in total. The molecule has 1 fully saturated rings. The van der Waals surface area contributed by atoms with Gasteiger partial charge in [-0.05, 0) is 70.8 Å². The van der Waals surface area contributed by atoms with E-state index >= 15 is 0 Å². The lowest BCUT2D eigenvalue weighted by atomic mass is 9.91. The second-order valence-corrected chi connectivity index (χ2v) is 12.7. The van der Waals surface area contributed by atoms with Crippen LogP contribution in [0.25, 0.3) is 11.1 Å². The number of fused-ring (bicyclic) bond motifs is 1. The Morgan fingerprint density at radius 3 is 2.31 bits per heavy atom. The van der Waals surface area contributed by atoms with Crippen LogP contribution < -0.4 is 10.1 Å². The van der Waals surface area contributed by atoms with E-state index in [4.69, 9.17) is 4.74 Å². The molecular weight excluding hydrogens is 614 g/mol. The Morgan fingerprint density at radius 2 is 1.60 bits per heavy atom. The lowest BCUT2D eigenvalue weighted by molar-refractivity contribution is -0.145. The maximum atomic E-state index is 14.2. The van der Waals surface area contributed by atoms with Crippen LogP contribution in [0.2, 0.25) is 0 Å². The third-order valence-corrected chi connectivity index (χ3v) is 9.39. The summed E-state index contributed by atoms with van der Waals surface area (Å²) in [5, 5.41) is 12.8. The van der Waals surface area contributed by atoms with Crippen molar-refractivity contribution in [2.45, 2.75) is 70.2 Å². The van der Waals surface area contributed by atoms with Gasteiger partial charge in [0.1, 0.15) is 36.1 Å². The van der Waals surface area contributed by atoms with Gasteiger partial charge in [-0.25, -0.2) is 13.6 Å². The number of aliphatic carboxylic acids is 1. The molecule has 2 N–H and O–H groups in total. The van der Waals surface area contributed by atoms with Crippen LogP contribution in [0.1, 0.15) is 54.4 Å². The molecule has 9 heteroatoms. The van der Waals surface area contributed by atoms with Crippen LogP contribution in [0, 0.1) is 17.6 Å². The van der Waals surface area contributed by atoms with Gasteiger partial charge in [-0.15, -0.1) is 0 Å². The van der Waals surface area contributed by atoms with Crippen molar-refractivity contribution in [3.63, 3.8) is 0 Å². The number of ether oxygens (including phenoxy) is 1. The smallest absolute Gasteiger partial charge is 0.326 e. The summed E-state index contributed by atoms with van der Waals surface area (Å²) in [6.45, 7) is 0.0472. The minimum atomic E-state index is -1.18. The van der Waals surface area contributed by atoms with Crippen LogP contribution in [0.3, 0.4) is 0 Å². The highest BCUT2D eigenvalue weighted by molar-refractivity contribution is 5.91. The Bertz CT molecular complexity index is 1770. The Kier molecular flexibility index (Phi) is 10.1. The fourth-order valence-electron chi connectivity index (χ4n) is 6.69. The SMILES string of the molecule is O=C(O)[C@H](Cc1ccc(-c2ccccc2)cc1)NC(=O)[C@@H]1Cc2ccc(OCc3ccc(F)cc3F)cc2CN1C(=O)CC1CCCC1. The number of nitrogens with zero attached hydrogens (tertiary/aromatic N) is 1. The van der Waals surface area contributed by atoms with E-state index in [1.807, 2.05) is 60.7 Å². The molecule has 6 rings (SSSR count). The number of hydrogen-bond acceptors (Lipinski definition) is 4. The fourth-order valence-corrected chi connectivity index (χ4v) is 6.69. The van der Waals surface area contributed by atoms with Crippen molar-refractivity contribution < 1.29 is 33.0 Å².